The van der Waals surface area contributed by atoms with E-state index in [-0.39, 0.29) is 11.9 Å². The van der Waals surface area contributed by atoms with Crippen molar-refractivity contribution in [2.75, 3.05) is 23.3 Å². The van der Waals surface area contributed by atoms with Crippen molar-refractivity contribution in [3.8, 4) is 0 Å². The summed E-state index contributed by atoms with van der Waals surface area (Å²) in [5.74, 6) is -0.141. The molecule has 0 saturated carbocycles. The van der Waals surface area contributed by atoms with Gasteiger partial charge in [0.15, 0.2) is 5.13 Å². The number of nitrogens with one attached hydrogen (secondary N) is 1. The minimum Gasteiger partial charge on any atom is -0.363 e. The van der Waals surface area contributed by atoms with E-state index in [1.807, 2.05) is 29.0 Å². The second kappa shape index (κ2) is 9.59. The summed E-state index contributed by atoms with van der Waals surface area (Å²) in [5, 5.41) is 5.66. The Morgan fingerprint density at radius 2 is 2.10 bits per heavy atom. The highest BCUT2D eigenvalue weighted by Crippen LogP contribution is 2.37. The zero-order valence-electron chi connectivity index (χ0n) is 16.8. The molecule has 7 heteroatoms. The number of thiazole rings is 1. The van der Waals surface area contributed by atoms with E-state index in [4.69, 9.17) is 11.6 Å². The van der Waals surface area contributed by atoms with Crippen LogP contribution in [-0.4, -0.2) is 28.5 Å². The molecule has 3 aromatic rings. The molecule has 0 radical (unpaired) electrons. The van der Waals surface area contributed by atoms with Crippen LogP contribution < -0.4 is 10.2 Å². The number of aromatic nitrogens is 2. The number of amides is 1. The van der Waals surface area contributed by atoms with E-state index in [9.17, 15) is 4.79 Å². The van der Waals surface area contributed by atoms with Crippen LogP contribution in [0.1, 0.15) is 47.9 Å². The predicted molar refractivity (Wildman–Crippen MR) is 121 cm³/mol. The van der Waals surface area contributed by atoms with Crippen molar-refractivity contribution in [2.45, 2.75) is 38.3 Å². The van der Waals surface area contributed by atoms with Gasteiger partial charge in [-0.25, -0.2) is 11.6 Å². The Hall–Kier alpha value is -3.11. The maximum Gasteiger partial charge on any atom is 0.274 e. The molecule has 0 bridgehead atoms. The number of hydrogen-bond donors (Lipinski definition) is 1. The minimum atomic E-state index is -0.141. The van der Waals surface area contributed by atoms with Gasteiger partial charge in [-0.05, 0) is 43.5 Å². The third-order valence-electron chi connectivity index (χ3n) is 5.41. The molecular weight excluding hydrogens is 394 g/mol. The van der Waals surface area contributed by atoms with Gasteiger partial charge < -0.3 is 14.3 Å². The molecule has 30 heavy (non-hydrogen) atoms. The monoisotopic (exact) mass is 419 g/mol. The van der Waals surface area contributed by atoms with Gasteiger partial charge in [0, 0.05) is 36.8 Å². The summed E-state index contributed by atoms with van der Waals surface area (Å²) in [4.78, 5) is 23.3. The molecule has 6 nitrogen and oxygen atoms in total. The molecule has 0 aliphatic carbocycles. The van der Waals surface area contributed by atoms with Gasteiger partial charge in [0.1, 0.15) is 5.69 Å². The van der Waals surface area contributed by atoms with Crippen molar-refractivity contribution >= 4 is 28.1 Å². The van der Waals surface area contributed by atoms with Crippen LogP contribution in [0, 0.1) is 6.57 Å². The lowest BCUT2D eigenvalue weighted by molar-refractivity contribution is 0.101. The normalized spacial score (nSPS) is 15.8. The molecule has 0 spiro atoms. The Morgan fingerprint density at radius 3 is 2.93 bits per heavy atom. The van der Waals surface area contributed by atoms with E-state index in [0.717, 1.165) is 44.5 Å². The zero-order valence-corrected chi connectivity index (χ0v) is 17.6. The lowest BCUT2D eigenvalue weighted by Crippen LogP contribution is -2.22. The second-order valence-corrected chi connectivity index (χ2v) is 8.25. The van der Waals surface area contributed by atoms with Crippen LogP contribution in [0.5, 0.6) is 0 Å². The smallest absolute Gasteiger partial charge is 0.274 e. The summed E-state index contributed by atoms with van der Waals surface area (Å²) in [7, 11) is 0. The Labute approximate surface area is 181 Å². The minimum absolute atomic E-state index is 0.141. The molecule has 1 fully saturated rings. The Bertz CT molecular complexity index is 1020. The lowest BCUT2D eigenvalue weighted by atomic mass is 10.1. The number of para-hydroxylation sites is 1. The van der Waals surface area contributed by atoms with Crippen LogP contribution in [0.15, 0.2) is 54.0 Å². The fourth-order valence-electron chi connectivity index (χ4n) is 3.95. The highest BCUT2D eigenvalue weighted by atomic mass is 32.1. The quantitative estimate of drug-likeness (QED) is 0.401. The van der Waals surface area contributed by atoms with E-state index >= 15 is 0 Å². The van der Waals surface area contributed by atoms with Crippen molar-refractivity contribution in [3.63, 3.8) is 0 Å². The fraction of sp³-hybridized carbons (Fsp3) is 0.348. The number of anilines is 2. The van der Waals surface area contributed by atoms with Crippen molar-refractivity contribution < 1.29 is 4.79 Å². The first kappa shape index (κ1) is 20.2. The van der Waals surface area contributed by atoms with E-state index in [1.165, 1.54) is 17.0 Å². The fourth-order valence-corrected chi connectivity index (χ4v) is 4.70. The first-order chi connectivity index (χ1) is 14.8. The molecular formula is C23H25N5OS. The lowest BCUT2D eigenvalue weighted by Gasteiger charge is -2.25. The summed E-state index contributed by atoms with van der Waals surface area (Å²) in [5.41, 5.74) is 2.86. The molecule has 1 aromatic carbocycles. The van der Waals surface area contributed by atoms with Crippen molar-refractivity contribution in [1.82, 2.24) is 9.55 Å². The first-order valence-electron chi connectivity index (χ1n) is 10.3. The van der Waals surface area contributed by atoms with Crippen LogP contribution in [0.25, 0.3) is 4.85 Å². The van der Waals surface area contributed by atoms with Crippen LogP contribution >= 0.6 is 11.3 Å². The van der Waals surface area contributed by atoms with E-state index < -0.39 is 0 Å². The molecule has 2 aromatic heterocycles. The van der Waals surface area contributed by atoms with Crippen LogP contribution in [-0.2, 0) is 6.54 Å². The SMILES string of the molecule is [C-]#[N+]CCCCn1cccc1C(=O)Nc1nc([C@H]2CCCN2c2ccccc2)cs1. The van der Waals surface area contributed by atoms with Gasteiger partial charge in [0.25, 0.3) is 5.91 Å². The van der Waals surface area contributed by atoms with Crippen LogP contribution in [0.2, 0.25) is 0 Å². The van der Waals surface area contributed by atoms with Gasteiger partial charge in [0.05, 0.1) is 11.7 Å². The number of unbranched alkanes of at least 4 members (excludes halogenated alkanes) is 1. The largest absolute Gasteiger partial charge is 0.363 e. The molecule has 1 N–H and O–H groups in total. The molecule has 0 unspecified atom stereocenters. The average molecular weight is 420 g/mol. The molecule has 4 rings (SSSR count). The summed E-state index contributed by atoms with van der Waals surface area (Å²) in [6, 6.07) is 14.4. The summed E-state index contributed by atoms with van der Waals surface area (Å²) < 4.78 is 1.95. The second-order valence-electron chi connectivity index (χ2n) is 7.39. The molecule has 1 saturated heterocycles. The van der Waals surface area contributed by atoms with Gasteiger partial charge >= 0.3 is 0 Å². The number of carbonyl (C=O) groups is 1. The van der Waals surface area contributed by atoms with Gasteiger partial charge in [0.2, 0.25) is 6.54 Å². The van der Waals surface area contributed by atoms with Crippen molar-refractivity contribution in [2.24, 2.45) is 0 Å². The predicted octanol–water partition coefficient (Wildman–Crippen LogP) is 5.24. The van der Waals surface area contributed by atoms with Gasteiger partial charge in [-0.2, -0.15) is 0 Å². The molecule has 1 aliphatic rings. The van der Waals surface area contributed by atoms with Gasteiger partial charge in [-0.3, -0.25) is 10.1 Å². The molecule has 1 aliphatic heterocycles. The third-order valence-corrected chi connectivity index (χ3v) is 6.18. The maximum atomic E-state index is 12.8. The number of aryl methyl sites for hydroxylation is 1. The van der Waals surface area contributed by atoms with E-state index in [0.29, 0.717) is 17.4 Å². The zero-order chi connectivity index (χ0) is 20.8. The number of benzene rings is 1. The van der Waals surface area contributed by atoms with Crippen molar-refractivity contribution in [1.29, 1.82) is 0 Å². The number of nitrogens with zero attached hydrogens (tertiary/aromatic N) is 4. The average Bonchev–Trinajstić information content (AvgIpc) is 3.52. The van der Waals surface area contributed by atoms with Crippen LogP contribution in [0.4, 0.5) is 10.8 Å². The van der Waals surface area contributed by atoms with E-state index in [2.05, 4.69) is 44.7 Å². The number of carbonyl (C=O) groups excluding carboxylic acids is 1. The molecule has 1 amide bonds. The highest BCUT2D eigenvalue weighted by Gasteiger charge is 2.28. The Balaban J connectivity index is 1.41. The van der Waals surface area contributed by atoms with Crippen molar-refractivity contribution in [3.05, 3.63) is 76.8 Å². The third kappa shape index (κ3) is 4.55. The van der Waals surface area contributed by atoms with Gasteiger partial charge in [-0.1, -0.05) is 18.2 Å². The standard InChI is InChI=1S/C23H25N5OS/c1-24-13-5-6-14-27-15-7-12-21(27)22(29)26-23-25-19(17-30-23)20-11-8-16-28(20)18-9-3-2-4-10-18/h2-4,7,9-10,12,15,17,20H,5-6,8,11,13-14,16H2,(H,25,26,29)/t20-/m1/s1. The molecule has 154 valence electrons. The summed E-state index contributed by atoms with van der Waals surface area (Å²) in [6.07, 6.45) is 5.85. The van der Waals surface area contributed by atoms with Gasteiger partial charge in [-0.15, -0.1) is 11.3 Å². The highest BCUT2D eigenvalue weighted by molar-refractivity contribution is 7.14. The Kier molecular flexibility index (Phi) is 6.45. The van der Waals surface area contributed by atoms with E-state index in [1.54, 1.807) is 0 Å². The maximum absolute atomic E-state index is 12.8. The number of hydrogen-bond acceptors (Lipinski definition) is 4. The first-order valence-corrected chi connectivity index (χ1v) is 11.2. The summed E-state index contributed by atoms with van der Waals surface area (Å²) in [6.45, 7) is 9.16. The van der Waals surface area contributed by atoms with Crippen LogP contribution in [0.3, 0.4) is 0 Å². The Morgan fingerprint density at radius 1 is 1.23 bits per heavy atom. The summed E-state index contributed by atoms with van der Waals surface area (Å²) >= 11 is 1.48. The number of rotatable bonds is 8. The topological polar surface area (TPSA) is 54.5 Å². The molecule has 1 atom stereocenters. The molecule has 3 heterocycles.